The summed E-state index contributed by atoms with van der Waals surface area (Å²) in [5.41, 5.74) is 6.86. The summed E-state index contributed by atoms with van der Waals surface area (Å²) in [6, 6.07) is 13.2. The van der Waals surface area contributed by atoms with Crippen LogP contribution in [0.5, 0.6) is 0 Å². The molecule has 0 bridgehead atoms. The molecule has 0 saturated carbocycles. The average Bonchev–Trinajstić information content (AvgIpc) is 2.83. The van der Waals surface area contributed by atoms with Gasteiger partial charge >= 0.3 is 0 Å². The minimum Gasteiger partial charge on any atom is -0.293 e. The third-order valence-electron chi connectivity index (χ3n) is 5.03. The molecule has 0 radical (unpaired) electrons. The first-order valence-corrected chi connectivity index (χ1v) is 9.04. The maximum atomic E-state index is 4.67. The molecule has 0 heterocycles. The molecule has 0 amide bonds. The highest BCUT2D eigenvalue weighted by molar-refractivity contribution is 5.98. The molecule has 1 aliphatic carbocycles. The second-order valence-corrected chi connectivity index (χ2v) is 6.85. The van der Waals surface area contributed by atoms with E-state index in [4.69, 9.17) is 0 Å². The molecule has 1 heteroatoms. The minimum atomic E-state index is 0.467. The quantitative estimate of drug-likeness (QED) is 0.445. The normalized spacial score (nSPS) is 18.0. The predicted molar refractivity (Wildman–Crippen MR) is 107 cm³/mol. The molecule has 124 valence electrons. The monoisotopic (exact) mass is 317 g/mol. The van der Waals surface area contributed by atoms with Crippen LogP contribution in [0.3, 0.4) is 0 Å². The van der Waals surface area contributed by atoms with Gasteiger partial charge in [-0.2, -0.15) is 0 Å². The van der Waals surface area contributed by atoms with Crippen molar-refractivity contribution < 1.29 is 0 Å². The van der Waals surface area contributed by atoms with E-state index >= 15 is 0 Å². The Hall–Kier alpha value is -2.15. The van der Waals surface area contributed by atoms with Crippen molar-refractivity contribution in [2.75, 3.05) is 6.54 Å². The van der Waals surface area contributed by atoms with Crippen molar-refractivity contribution in [3.8, 4) is 0 Å². The zero-order valence-electron chi connectivity index (χ0n) is 15.3. The molecule has 0 aliphatic heterocycles. The second kappa shape index (κ2) is 7.17. The standard InChI is InChI=1S/C23H27N/c1-5-6-11-24-15-21-13-19-9-7-8-10-20(19)14-22(21)23-17(3)12-16(2)18(23)4/h7-10,12-15,17H,5-6,11H2,1-4H3. The van der Waals surface area contributed by atoms with E-state index in [1.54, 1.807) is 0 Å². The highest BCUT2D eigenvalue weighted by Gasteiger charge is 2.21. The first kappa shape index (κ1) is 16.7. The Morgan fingerprint density at radius 2 is 1.79 bits per heavy atom. The molecule has 0 aromatic heterocycles. The van der Waals surface area contributed by atoms with Gasteiger partial charge in [-0.1, -0.05) is 56.2 Å². The van der Waals surface area contributed by atoms with Crippen LogP contribution in [0.1, 0.15) is 51.7 Å². The van der Waals surface area contributed by atoms with E-state index in [0.29, 0.717) is 5.92 Å². The Labute approximate surface area is 145 Å². The Kier molecular flexibility index (Phi) is 4.99. The van der Waals surface area contributed by atoms with E-state index < -0.39 is 0 Å². The second-order valence-electron chi connectivity index (χ2n) is 6.85. The molecule has 2 aromatic rings. The summed E-state index contributed by atoms with van der Waals surface area (Å²) < 4.78 is 0. The lowest BCUT2D eigenvalue weighted by atomic mass is 9.89. The molecule has 1 aliphatic rings. The first-order valence-electron chi connectivity index (χ1n) is 9.04. The van der Waals surface area contributed by atoms with Gasteiger partial charge in [0.1, 0.15) is 0 Å². The number of rotatable bonds is 5. The fourth-order valence-electron chi connectivity index (χ4n) is 3.59. The van der Waals surface area contributed by atoms with Crippen LogP contribution in [0.25, 0.3) is 16.3 Å². The highest BCUT2D eigenvalue weighted by atomic mass is 14.7. The van der Waals surface area contributed by atoms with Crippen LogP contribution in [0.15, 0.2) is 58.6 Å². The van der Waals surface area contributed by atoms with Crippen LogP contribution in [0, 0.1) is 5.92 Å². The number of nitrogens with zero attached hydrogens (tertiary/aromatic N) is 1. The summed E-state index contributed by atoms with van der Waals surface area (Å²) in [7, 11) is 0. The SMILES string of the molecule is CCCCN=Cc1cc2ccccc2cc1C1=C(C)C(C)=CC1C. The summed E-state index contributed by atoms with van der Waals surface area (Å²) in [5, 5.41) is 2.59. The smallest absolute Gasteiger partial charge is 0.0389 e. The molecule has 1 atom stereocenters. The van der Waals surface area contributed by atoms with Crippen molar-refractivity contribution in [1.29, 1.82) is 0 Å². The van der Waals surface area contributed by atoms with E-state index in [1.165, 1.54) is 45.0 Å². The van der Waals surface area contributed by atoms with E-state index in [9.17, 15) is 0 Å². The van der Waals surface area contributed by atoms with Gasteiger partial charge < -0.3 is 0 Å². The number of aliphatic imine (C=N–C) groups is 1. The molecule has 1 nitrogen and oxygen atoms in total. The number of allylic oxidation sites excluding steroid dienone is 4. The summed E-state index contributed by atoms with van der Waals surface area (Å²) in [6.45, 7) is 9.88. The molecule has 0 spiro atoms. The van der Waals surface area contributed by atoms with Crippen molar-refractivity contribution in [3.05, 3.63) is 64.7 Å². The van der Waals surface area contributed by atoms with Crippen LogP contribution in [-0.4, -0.2) is 12.8 Å². The van der Waals surface area contributed by atoms with Crippen molar-refractivity contribution >= 4 is 22.6 Å². The molecule has 24 heavy (non-hydrogen) atoms. The molecule has 0 N–H and O–H groups in total. The predicted octanol–water partition coefficient (Wildman–Crippen LogP) is 6.43. The lowest BCUT2D eigenvalue weighted by molar-refractivity contribution is 0.810. The zero-order chi connectivity index (χ0) is 17.1. The van der Waals surface area contributed by atoms with Crippen molar-refractivity contribution in [2.24, 2.45) is 10.9 Å². The van der Waals surface area contributed by atoms with E-state index in [2.05, 4.69) is 81.4 Å². The van der Waals surface area contributed by atoms with Crippen LogP contribution >= 0.6 is 0 Å². The van der Waals surface area contributed by atoms with Crippen LogP contribution in [-0.2, 0) is 0 Å². The molecular weight excluding hydrogens is 290 g/mol. The number of benzene rings is 2. The fraction of sp³-hybridized carbons (Fsp3) is 0.348. The lowest BCUT2D eigenvalue weighted by Gasteiger charge is -2.15. The lowest BCUT2D eigenvalue weighted by Crippen LogP contribution is -1.99. The van der Waals surface area contributed by atoms with Gasteiger partial charge in [-0.15, -0.1) is 0 Å². The maximum absolute atomic E-state index is 4.67. The zero-order valence-corrected chi connectivity index (χ0v) is 15.3. The van der Waals surface area contributed by atoms with Gasteiger partial charge in [0.2, 0.25) is 0 Å². The van der Waals surface area contributed by atoms with Gasteiger partial charge in [0, 0.05) is 24.2 Å². The summed E-state index contributed by atoms with van der Waals surface area (Å²) in [5.74, 6) is 0.467. The molecule has 2 aromatic carbocycles. The van der Waals surface area contributed by atoms with Crippen molar-refractivity contribution in [3.63, 3.8) is 0 Å². The summed E-state index contributed by atoms with van der Waals surface area (Å²) in [6.07, 6.45) is 6.79. The van der Waals surface area contributed by atoms with E-state index in [-0.39, 0.29) is 0 Å². The molecule has 0 saturated heterocycles. The largest absolute Gasteiger partial charge is 0.293 e. The molecular formula is C23H27N. The highest BCUT2D eigenvalue weighted by Crippen LogP contribution is 2.39. The fourth-order valence-corrected chi connectivity index (χ4v) is 3.59. The number of unbranched alkanes of at least 4 members (excludes halogenated alkanes) is 1. The third-order valence-corrected chi connectivity index (χ3v) is 5.03. The van der Waals surface area contributed by atoms with E-state index in [0.717, 1.165) is 13.0 Å². The number of hydrogen-bond acceptors (Lipinski definition) is 1. The van der Waals surface area contributed by atoms with Crippen molar-refractivity contribution in [2.45, 2.75) is 40.5 Å². The number of hydrogen-bond donors (Lipinski definition) is 0. The van der Waals surface area contributed by atoms with Gasteiger partial charge in [-0.3, -0.25) is 4.99 Å². The molecule has 1 unspecified atom stereocenters. The molecule has 0 fully saturated rings. The minimum absolute atomic E-state index is 0.467. The maximum Gasteiger partial charge on any atom is 0.0389 e. The first-order chi connectivity index (χ1) is 11.6. The van der Waals surface area contributed by atoms with Gasteiger partial charge in [-0.25, -0.2) is 0 Å². The Morgan fingerprint density at radius 3 is 2.42 bits per heavy atom. The Morgan fingerprint density at radius 1 is 1.08 bits per heavy atom. The Bertz CT molecular complexity index is 836. The third kappa shape index (κ3) is 3.21. The van der Waals surface area contributed by atoms with Gasteiger partial charge in [-0.05, 0) is 59.9 Å². The Balaban J connectivity index is 2.12. The molecule has 3 rings (SSSR count). The summed E-state index contributed by atoms with van der Waals surface area (Å²) >= 11 is 0. The topological polar surface area (TPSA) is 12.4 Å². The number of fused-ring (bicyclic) bond motifs is 1. The van der Waals surface area contributed by atoms with Gasteiger partial charge in [0.05, 0.1) is 0 Å². The van der Waals surface area contributed by atoms with Gasteiger partial charge in [0.25, 0.3) is 0 Å². The average molecular weight is 317 g/mol. The van der Waals surface area contributed by atoms with Gasteiger partial charge in [0.15, 0.2) is 0 Å². The summed E-state index contributed by atoms with van der Waals surface area (Å²) in [4.78, 5) is 4.67. The van der Waals surface area contributed by atoms with Crippen molar-refractivity contribution in [1.82, 2.24) is 0 Å². The van der Waals surface area contributed by atoms with E-state index in [1.807, 2.05) is 0 Å². The van der Waals surface area contributed by atoms with Crippen LogP contribution in [0.2, 0.25) is 0 Å². The van der Waals surface area contributed by atoms with Crippen LogP contribution < -0.4 is 0 Å². The van der Waals surface area contributed by atoms with Crippen LogP contribution in [0.4, 0.5) is 0 Å².